The van der Waals surface area contributed by atoms with Gasteiger partial charge in [-0.3, -0.25) is 4.79 Å². The van der Waals surface area contributed by atoms with E-state index >= 15 is 0 Å². The normalized spacial score (nSPS) is 10.5. The topological polar surface area (TPSA) is 29.1 Å². The third-order valence-electron chi connectivity index (χ3n) is 2.35. The molecule has 0 fully saturated rings. The first-order valence-corrected chi connectivity index (χ1v) is 5.79. The average molecular weight is 219 g/mol. The second-order valence-corrected chi connectivity index (χ2v) is 4.59. The Morgan fingerprint density at radius 1 is 1.40 bits per heavy atom. The van der Waals surface area contributed by atoms with Gasteiger partial charge in [0.15, 0.2) is 0 Å². The van der Waals surface area contributed by atoms with Gasteiger partial charge in [0.2, 0.25) is 5.91 Å². The van der Waals surface area contributed by atoms with E-state index in [1.54, 1.807) is 18.4 Å². The predicted octanol–water partition coefficient (Wildman–Crippen LogP) is 2.58. The van der Waals surface area contributed by atoms with E-state index in [0.29, 0.717) is 6.42 Å². The molecule has 2 aromatic rings. The molecule has 0 aliphatic heterocycles. The first kappa shape index (κ1) is 10.2. The van der Waals surface area contributed by atoms with Crippen LogP contribution in [0.25, 0.3) is 10.1 Å². The molecule has 3 heteroatoms. The van der Waals surface area contributed by atoms with Crippen molar-refractivity contribution in [2.75, 3.05) is 7.05 Å². The molecule has 0 spiro atoms. The van der Waals surface area contributed by atoms with Crippen molar-refractivity contribution in [2.24, 2.45) is 0 Å². The highest BCUT2D eigenvalue weighted by Gasteiger charge is 2.03. The van der Waals surface area contributed by atoms with E-state index in [4.69, 9.17) is 0 Å². The predicted molar refractivity (Wildman–Crippen MR) is 64.2 cm³/mol. The van der Waals surface area contributed by atoms with Crippen LogP contribution in [0, 0.1) is 0 Å². The van der Waals surface area contributed by atoms with Gasteiger partial charge in [-0.15, -0.1) is 11.3 Å². The summed E-state index contributed by atoms with van der Waals surface area (Å²) in [5.74, 6) is 0.104. The van der Waals surface area contributed by atoms with Crippen LogP contribution in [0.1, 0.15) is 11.3 Å². The van der Waals surface area contributed by atoms with Gasteiger partial charge in [-0.1, -0.05) is 18.2 Å². The zero-order valence-corrected chi connectivity index (χ0v) is 9.43. The van der Waals surface area contributed by atoms with E-state index in [9.17, 15) is 4.79 Å². The van der Waals surface area contributed by atoms with Crippen LogP contribution >= 0.6 is 11.3 Å². The van der Waals surface area contributed by atoms with Crippen molar-refractivity contribution in [1.29, 1.82) is 0 Å². The zero-order valence-electron chi connectivity index (χ0n) is 8.62. The Morgan fingerprint density at radius 3 is 2.93 bits per heavy atom. The Labute approximate surface area is 92.9 Å². The number of amides is 1. The zero-order chi connectivity index (χ0) is 10.7. The lowest BCUT2D eigenvalue weighted by Crippen LogP contribution is -2.17. The number of thiophene rings is 1. The smallest absolute Gasteiger partial charge is 0.220 e. The molecule has 0 saturated carbocycles. The summed E-state index contributed by atoms with van der Waals surface area (Å²) in [7, 11) is 1.67. The quantitative estimate of drug-likeness (QED) is 0.844. The Balaban J connectivity index is 2.12. The number of carbonyl (C=O) groups is 1. The largest absolute Gasteiger partial charge is 0.359 e. The molecule has 0 aliphatic carbocycles. The summed E-state index contributed by atoms with van der Waals surface area (Å²) in [6, 6.07) is 10.5. The number of hydrogen-bond acceptors (Lipinski definition) is 2. The van der Waals surface area contributed by atoms with Crippen molar-refractivity contribution in [3.8, 4) is 0 Å². The maximum atomic E-state index is 11.1. The summed E-state index contributed by atoms with van der Waals surface area (Å²) >= 11 is 1.77. The second kappa shape index (κ2) is 4.45. The number of aryl methyl sites for hydroxylation is 1. The van der Waals surface area contributed by atoms with Crippen LogP contribution in [-0.4, -0.2) is 13.0 Å². The molecule has 15 heavy (non-hydrogen) atoms. The van der Waals surface area contributed by atoms with Gasteiger partial charge in [0, 0.05) is 23.0 Å². The lowest BCUT2D eigenvalue weighted by Gasteiger charge is -1.96. The molecule has 1 amide bonds. The maximum absolute atomic E-state index is 11.1. The average Bonchev–Trinajstić information content (AvgIpc) is 2.68. The standard InChI is InChI=1S/C12H13NOS/c1-13-12(14)7-6-10-8-9-4-2-3-5-11(9)15-10/h2-5,8H,6-7H2,1H3,(H,13,14). The van der Waals surface area contributed by atoms with E-state index < -0.39 is 0 Å². The molecule has 1 aromatic carbocycles. The molecule has 1 heterocycles. The van der Waals surface area contributed by atoms with E-state index in [2.05, 4.69) is 23.5 Å². The van der Waals surface area contributed by atoms with Crippen molar-refractivity contribution < 1.29 is 4.79 Å². The van der Waals surface area contributed by atoms with Crippen LogP contribution in [0.3, 0.4) is 0 Å². The van der Waals surface area contributed by atoms with Crippen molar-refractivity contribution in [3.05, 3.63) is 35.2 Å². The monoisotopic (exact) mass is 219 g/mol. The Bertz CT molecular complexity index is 442. The van der Waals surface area contributed by atoms with Crippen LogP contribution in [-0.2, 0) is 11.2 Å². The van der Waals surface area contributed by atoms with Crippen LogP contribution in [0.5, 0.6) is 0 Å². The molecule has 0 bridgehead atoms. The summed E-state index contributed by atoms with van der Waals surface area (Å²) in [6.07, 6.45) is 1.41. The molecule has 0 unspecified atom stereocenters. The lowest BCUT2D eigenvalue weighted by molar-refractivity contribution is -0.120. The minimum atomic E-state index is 0.104. The highest BCUT2D eigenvalue weighted by Crippen LogP contribution is 2.25. The highest BCUT2D eigenvalue weighted by atomic mass is 32.1. The Kier molecular flexibility index (Phi) is 3.02. The van der Waals surface area contributed by atoms with E-state index in [-0.39, 0.29) is 5.91 Å². The van der Waals surface area contributed by atoms with Crippen LogP contribution in [0.4, 0.5) is 0 Å². The van der Waals surface area contributed by atoms with Gasteiger partial charge in [-0.25, -0.2) is 0 Å². The summed E-state index contributed by atoms with van der Waals surface area (Å²) in [6.45, 7) is 0. The fourth-order valence-electron chi connectivity index (χ4n) is 1.52. The Morgan fingerprint density at radius 2 is 2.20 bits per heavy atom. The minimum Gasteiger partial charge on any atom is -0.359 e. The molecule has 2 nitrogen and oxygen atoms in total. The second-order valence-electron chi connectivity index (χ2n) is 3.42. The number of carbonyl (C=O) groups excluding carboxylic acids is 1. The summed E-state index contributed by atoms with van der Waals surface area (Å²) in [5.41, 5.74) is 0. The third-order valence-corrected chi connectivity index (χ3v) is 3.53. The minimum absolute atomic E-state index is 0.104. The van der Waals surface area contributed by atoms with Crippen LogP contribution < -0.4 is 5.32 Å². The number of fused-ring (bicyclic) bond motifs is 1. The van der Waals surface area contributed by atoms with Crippen molar-refractivity contribution in [1.82, 2.24) is 5.32 Å². The van der Waals surface area contributed by atoms with Crippen LogP contribution in [0.2, 0.25) is 0 Å². The fraction of sp³-hybridized carbons (Fsp3) is 0.250. The van der Waals surface area contributed by atoms with Gasteiger partial charge in [-0.2, -0.15) is 0 Å². The summed E-state index contributed by atoms with van der Waals surface area (Å²) in [5, 5.41) is 3.91. The van der Waals surface area contributed by atoms with Gasteiger partial charge in [0.05, 0.1) is 0 Å². The fourth-order valence-corrected chi connectivity index (χ4v) is 2.59. The van der Waals surface area contributed by atoms with Gasteiger partial charge in [0.25, 0.3) is 0 Å². The van der Waals surface area contributed by atoms with Crippen molar-refractivity contribution in [3.63, 3.8) is 0 Å². The SMILES string of the molecule is CNC(=O)CCc1cc2ccccc2s1. The van der Waals surface area contributed by atoms with Crippen molar-refractivity contribution >= 4 is 27.3 Å². The van der Waals surface area contributed by atoms with Gasteiger partial charge >= 0.3 is 0 Å². The number of benzene rings is 1. The molecule has 2 rings (SSSR count). The molecule has 0 radical (unpaired) electrons. The summed E-state index contributed by atoms with van der Waals surface area (Å²) < 4.78 is 1.30. The highest BCUT2D eigenvalue weighted by molar-refractivity contribution is 7.19. The first-order chi connectivity index (χ1) is 7.29. The number of hydrogen-bond donors (Lipinski definition) is 1. The lowest BCUT2D eigenvalue weighted by atomic mass is 10.2. The molecular formula is C12H13NOS. The molecule has 0 aliphatic rings. The number of rotatable bonds is 3. The van der Waals surface area contributed by atoms with Gasteiger partial charge < -0.3 is 5.32 Å². The molecule has 0 saturated heterocycles. The van der Waals surface area contributed by atoms with Crippen molar-refractivity contribution in [2.45, 2.75) is 12.8 Å². The van der Waals surface area contributed by atoms with E-state index in [1.165, 1.54) is 15.0 Å². The van der Waals surface area contributed by atoms with Gasteiger partial charge in [-0.05, 0) is 23.9 Å². The molecule has 78 valence electrons. The van der Waals surface area contributed by atoms with Crippen LogP contribution in [0.15, 0.2) is 30.3 Å². The van der Waals surface area contributed by atoms with Gasteiger partial charge in [0.1, 0.15) is 0 Å². The first-order valence-electron chi connectivity index (χ1n) is 4.97. The molecule has 1 aromatic heterocycles. The summed E-state index contributed by atoms with van der Waals surface area (Å²) in [4.78, 5) is 12.4. The number of nitrogens with one attached hydrogen (secondary N) is 1. The molecule has 1 N–H and O–H groups in total. The Hall–Kier alpha value is -1.35. The molecular weight excluding hydrogens is 206 g/mol. The van der Waals surface area contributed by atoms with E-state index in [0.717, 1.165) is 6.42 Å². The molecule has 0 atom stereocenters. The maximum Gasteiger partial charge on any atom is 0.220 e. The van der Waals surface area contributed by atoms with E-state index in [1.807, 2.05) is 12.1 Å². The third kappa shape index (κ3) is 2.36.